The molecule has 1 unspecified atom stereocenters. The molecule has 5 N–H and O–H groups in total. The van der Waals surface area contributed by atoms with E-state index in [9.17, 15) is 32.7 Å². The van der Waals surface area contributed by atoms with Crippen molar-refractivity contribution in [3.05, 3.63) is 29.3 Å². The number of hydroxylamine groups is 2. The van der Waals surface area contributed by atoms with Crippen LogP contribution < -0.4 is 16.2 Å². The molecule has 0 spiro atoms. The van der Waals surface area contributed by atoms with Crippen LogP contribution in [0, 0.1) is 0 Å². The lowest BCUT2D eigenvalue weighted by molar-refractivity contribution is -0.953. The number of hydrogen-bond donors (Lipinski definition) is 5. The van der Waals surface area contributed by atoms with Crippen LogP contribution in [0.5, 0.6) is 0 Å². The summed E-state index contributed by atoms with van der Waals surface area (Å²) in [6.07, 6.45) is 8.91. The molecule has 3 rings (SSSR count). The summed E-state index contributed by atoms with van der Waals surface area (Å²) in [5.74, 6) is -1.18. The number of urea groups is 1. The summed E-state index contributed by atoms with van der Waals surface area (Å²) in [6, 6.07) is 3.11. The predicted molar refractivity (Wildman–Crippen MR) is 197 cm³/mol. The summed E-state index contributed by atoms with van der Waals surface area (Å²) in [7, 11) is -4.93. The highest BCUT2D eigenvalue weighted by Crippen LogP contribution is 2.39. The molecule has 2 fully saturated rings. The number of rotatable bonds is 21. The largest absolute Gasteiger partial charge is 0.465 e. The molecule has 0 aliphatic carbocycles. The van der Waals surface area contributed by atoms with Gasteiger partial charge in [0.1, 0.15) is 6.04 Å². The number of hydrazine groups is 1. The van der Waals surface area contributed by atoms with Gasteiger partial charge in [0.25, 0.3) is 5.91 Å². The molecular weight excluding hydrogens is 692 g/mol. The van der Waals surface area contributed by atoms with Crippen LogP contribution in [0.1, 0.15) is 123 Å². The first-order valence-electron chi connectivity index (χ1n) is 18.8. The maximum Gasteiger partial charge on any atom is 0.418 e. The maximum atomic E-state index is 13.1. The fraction of sp³-hybridized carbons (Fsp3) is 0.722. The molecule has 2 aliphatic heterocycles. The van der Waals surface area contributed by atoms with Gasteiger partial charge in [-0.2, -0.15) is 13.5 Å². The van der Waals surface area contributed by atoms with E-state index in [1.807, 2.05) is 6.07 Å². The Morgan fingerprint density at radius 2 is 1.60 bits per heavy atom. The summed E-state index contributed by atoms with van der Waals surface area (Å²) >= 11 is 0. The van der Waals surface area contributed by atoms with Crippen molar-refractivity contribution < 1.29 is 46.0 Å². The highest BCUT2D eigenvalue weighted by atomic mass is 32.3. The monoisotopic (exact) mass is 753 g/mol. The van der Waals surface area contributed by atoms with Crippen LogP contribution in [0.4, 0.5) is 15.3 Å². The zero-order chi connectivity index (χ0) is 38.7. The van der Waals surface area contributed by atoms with Crippen molar-refractivity contribution in [2.75, 3.05) is 31.5 Å². The fourth-order valence-corrected chi connectivity index (χ4v) is 8.33. The molecule has 2 heterocycles. The van der Waals surface area contributed by atoms with E-state index in [2.05, 4.69) is 62.0 Å². The number of benzene rings is 1. The standard InChI is InChI=1S/C36H60N6O9S/c1-7-11-19-42(20-12-8-2,21-13-9-3)28(14-10-4)24-36(5,6)29-22-26(15-17-30(29)37-34(45)46)23-32(43)38-39-33(44)31-18-16-27-25-40(31)35(47)41(27)51-52(48,49)50/h15,17,22,27-28,31,37H,7-14,16,18-21,23-25H2,1-6H3,(H3-,38,39,43,44,45,46,48,49,50)/p+1/t27-,28?,31+/m1/s1. The molecule has 16 heteroatoms. The van der Waals surface area contributed by atoms with E-state index >= 15 is 0 Å². The van der Waals surface area contributed by atoms with E-state index in [0.29, 0.717) is 22.4 Å². The predicted octanol–water partition coefficient (Wildman–Crippen LogP) is 5.52. The molecule has 52 heavy (non-hydrogen) atoms. The number of carbonyl (C=O) groups is 4. The molecule has 2 aliphatic rings. The molecule has 1 aromatic carbocycles. The highest BCUT2D eigenvalue weighted by molar-refractivity contribution is 7.80. The molecule has 3 atom stereocenters. The topological polar surface area (TPSA) is 195 Å². The molecule has 1 aromatic rings. The van der Waals surface area contributed by atoms with Gasteiger partial charge in [-0.3, -0.25) is 30.3 Å². The van der Waals surface area contributed by atoms with Crippen molar-refractivity contribution in [1.29, 1.82) is 0 Å². The maximum absolute atomic E-state index is 13.1. The Labute approximate surface area is 309 Å². The van der Waals surface area contributed by atoms with Crippen LogP contribution in [0.25, 0.3) is 0 Å². The van der Waals surface area contributed by atoms with Crippen molar-refractivity contribution in [3.8, 4) is 0 Å². The first-order chi connectivity index (χ1) is 24.5. The van der Waals surface area contributed by atoms with Crippen molar-refractivity contribution in [2.24, 2.45) is 0 Å². The van der Waals surface area contributed by atoms with Gasteiger partial charge in [-0.15, -0.1) is 4.28 Å². The summed E-state index contributed by atoms with van der Waals surface area (Å²) in [4.78, 5) is 51.9. The van der Waals surface area contributed by atoms with Gasteiger partial charge in [0, 0.05) is 18.7 Å². The third-order valence-corrected chi connectivity index (χ3v) is 10.9. The van der Waals surface area contributed by atoms with Gasteiger partial charge in [-0.1, -0.05) is 79.4 Å². The van der Waals surface area contributed by atoms with Crippen molar-refractivity contribution in [1.82, 2.24) is 20.8 Å². The lowest BCUT2D eigenvalue weighted by atomic mass is 9.75. The molecule has 15 nitrogen and oxygen atoms in total. The van der Waals surface area contributed by atoms with Gasteiger partial charge in [0.15, 0.2) is 0 Å². The van der Waals surface area contributed by atoms with Gasteiger partial charge in [0.2, 0.25) is 5.91 Å². The van der Waals surface area contributed by atoms with Crippen LogP contribution in [0.3, 0.4) is 0 Å². The number of unbranched alkanes of at least 4 members (excludes halogenated alkanes) is 3. The number of quaternary nitrogens is 1. The van der Waals surface area contributed by atoms with Gasteiger partial charge >= 0.3 is 22.5 Å². The lowest BCUT2D eigenvalue weighted by Gasteiger charge is -2.48. The number of carboxylic acid groups (broad SMARTS) is 1. The van der Waals surface area contributed by atoms with Gasteiger partial charge in [0.05, 0.1) is 38.1 Å². The van der Waals surface area contributed by atoms with E-state index < -0.39 is 51.8 Å². The fourth-order valence-electron chi connectivity index (χ4n) is 7.94. The first-order valence-corrected chi connectivity index (χ1v) is 20.2. The highest BCUT2D eigenvalue weighted by Gasteiger charge is 2.49. The van der Waals surface area contributed by atoms with E-state index in [0.717, 1.165) is 92.4 Å². The number of piperidine rings is 1. The smallest absolute Gasteiger partial charge is 0.418 e. The number of fused-ring (bicyclic) bond motifs is 2. The third-order valence-electron chi connectivity index (χ3n) is 10.6. The normalized spacial score (nSPS) is 18.3. The molecule has 2 bridgehead atoms. The summed E-state index contributed by atoms with van der Waals surface area (Å²) in [5, 5.41) is 12.8. The van der Waals surface area contributed by atoms with Crippen LogP contribution in [0.2, 0.25) is 0 Å². The molecule has 2 saturated heterocycles. The number of hydrogen-bond acceptors (Lipinski definition) is 7. The second-order valence-corrected chi connectivity index (χ2v) is 16.0. The Balaban J connectivity index is 1.80. The Morgan fingerprint density at radius 3 is 2.13 bits per heavy atom. The van der Waals surface area contributed by atoms with Gasteiger partial charge in [-0.05, 0) is 61.1 Å². The van der Waals surface area contributed by atoms with Crippen molar-refractivity contribution in [3.63, 3.8) is 0 Å². The van der Waals surface area contributed by atoms with E-state index in [4.69, 9.17) is 4.55 Å². The molecule has 294 valence electrons. The summed E-state index contributed by atoms with van der Waals surface area (Å²) in [6.45, 7) is 16.6. The zero-order valence-electron chi connectivity index (χ0n) is 31.8. The summed E-state index contributed by atoms with van der Waals surface area (Å²) in [5.41, 5.74) is 6.23. The van der Waals surface area contributed by atoms with Gasteiger partial charge in [-0.25, -0.2) is 9.59 Å². The minimum atomic E-state index is -4.93. The van der Waals surface area contributed by atoms with Crippen LogP contribution in [-0.4, -0.2) is 101 Å². The Morgan fingerprint density at radius 1 is 0.981 bits per heavy atom. The second kappa shape index (κ2) is 19.0. The van der Waals surface area contributed by atoms with Gasteiger partial charge < -0.3 is 14.5 Å². The lowest BCUT2D eigenvalue weighted by Crippen LogP contribution is -2.58. The second-order valence-electron chi connectivity index (χ2n) is 15.0. The van der Waals surface area contributed by atoms with Crippen LogP contribution in [0.15, 0.2) is 18.2 Å². The summed E-state index contributed by atoms with van der Waals surface area (Å²) < 4.78 is 36.9. The Bertz CT molecular complexity index is 1480. The Kier molecular flexibility index (Phi) is 15.7. The zero-order valence-corrected chi connectivity index (χ0v) is 32.6. The average molecular weight is 754 g/mol. The molecular formula is C36H61N6O9S+. The third kappa shape index (κ3) is 11.5. The number of anilines is 1. The van der Waals surface area contributed by atoms with E-state index in [1.54, 1.807) is 12.1 Å². The van der Waals surface area contributed by atoms with Crippen LogP contribution >= 0.6 is 0 Å². The quantitative estimate of drug-likeness (QED) is 0.0610. The average Bonchev–Trinajstić information content (AvgIpc) is 3.30. The van der Waals surface area contributed by atoms with Crippen LogP contribution in [-0.2, 0) is 36.1 Å². The first kappa shape index (κ1) is 42.9. The minimum absolute atomic E-state index is 0.0185. The molecule has 0 aromatic heterocycles. The number of nitrogens with zero attached hydrogens (tertiary/aromatic N) is 3. The van der Waals surface area contributed by atoms with Crippen molar-refractivity contribution in [2.45, 2.75) is 142 Å². The van der Waals surface area contributed by atoms with E-state index in [1.165, 1.54) is 0 Å². The number of carbonyl (C=O) groups excluding carboxylic acids is 3. The molecule has 0 saturated carbocycles. The number of nitrogens with one attached hydrogen (secondary N) is 3. The SMILES string of the molecule is CCCC[N+](CCCC)(CCCC)C(CCC)CC(C)(C)c1cc(CC(=O)NNC(=O)[C@@H]2CC[C@@H]3CN2C(=O)N3OS(=O)(=O)O)ccc1NC(=O)O. The molecule has 0 radical (unpaired) electrons. The molecule has 5 amide bonds. The van der Waals surface area contributed by atoms with E-state index in [-0.39, 0.29) is 25.8 Å². The minimum Gasteiger partial charge on any atom is -0.465 e. The Hall–Kier alpha value is -3.47. The van der Waals surface area contributed by atoms with Crippen molar-refractivity contribution >= 4 is 40.0 Å². The number of amides is 5.